The van der Waals surface area contributed by atoms with Gasteiger partial charge < -0.3 is 4.74 Å². The van der Waals surface area contributed by atoms with Gasteiger partial charge in [0.2, 0.25) is 0 Å². The fourth-order valence-electron chi connectivity index (χ4n) is 1.95. The number of rotatable bonds is 5. The lowest BCUT2D eigenvalue weighted by molar-refractivity contribution is -0.385. The molecule has 1 N–H and O–H groups in total. The van der Waals surface area contributed by atoms with Gasteiger partial charge in [0, 0.05) is 6.07 Å². The number of hydrogen-bond acceptors (Lipinski definition) is 5. The van der Waals surface area contributed by atoms with Crippen LogP contribution in [0.5, 0.6) is 5.75 Å². The molecule has 23 heavy (non-hydrogen) atoms. The Balaban J connectivity index is 2.41. The zero-order valence-corrected chi connectivity index (χ0v) is 13.1. The summed E-state index contributed by atoms with van der Waals surface area (Å²) in [7, 11) is -2.83. The average molecular weight is 340 g/mol. The van der Waals surface area contributed by atoms with Crippen LogP contribution in [0.2, 0.25) is 0 Å². The lowest BCUT2D eigenvalue weighted by Gasteiger charge is -2.11. The van der Waals surface area contributed by atoms with E-state index in [4.69, 9.17) is 4.74 Å². The van der Waals surface area contributed by atoms with E-state index in [0.717, 1.165) is 6.07 Å². The molecule has 0 fully saturated rings. The topological polar surface area (TPSA) is 98.5 Å². The van der Waals surface area contributed by atoms with Crippen molar-refractivity contribution in [2.75, 3.05) is 11.8 Å². The average Bonchev–Trinajstić information content (AvgIpc) is 2.48. The molecule has 9 heteroatoms. The van der Waals surface area contributed by atoms with Crippen LogP contribution >= 0.6 is 0 Å². The van der Waals surface area contributed by atoms with Gasteiger partial charge in [-0.3, -0.25) is 14.8 Å². The van der Waals surface area contributed by atoms with Crippen molar-refractivity contribution in [3.05, 3.63) is 57.9 Å². The molecule has 122 valence electrons. The van der Waals surface area contributed by atoms with Crippen LogP contribution in [0.4, 0.5) is 15.8 Å². The first kappa shape index (κ1) is 16.7. The molecule has 0 aliphatic rings. The molecule has 0 atom stereocenters. The summed E-state index contributed by atoms with van der Waals surface area (Å²) >= 11 is 0. The maximum atomic E-state index is 13.7. The Bertz CT molecular complexity index is 867. The van der Waals surface area contributed by atoms with Crippen LogP contribution in [0.3, 0.4) is 0 Å². The SMILES string of the molecule is COc1ccc(S(=O)(=O)Nc2cccc([N+](=O)[O-])c2C)cc1F. The number of nitro benzene ring substituents is 1. The number of nitrogens with one attached hydrogen (secondary N) is 1. The van der Waals surface area contributed by atoms with Crippen molar-refractivity contribution in [1.29, 1.82) is 0 Å². The fraction of sp³-hybridized carbons (Fsp3) is 0.143. The summed E-state index contributed by atoms with van der Waals surface area (Å²) in [5.41, 5.74) is -0.00315. The van der Waals surface area contributed by atoms with Gasteiger partial charge in [0.25, 0.3) is 15.7 Å². The molecule has 0 spiro atoms. The first-order valence-electron chi connectivity index (χ1n) is 6.36. The van der Waals surface area contributed by atoms with Crippen molar-refractivity contribution in [3.8, 4) is 5.75 Å². The van der Waals surface area contributed by atoms with Gasteiger partial charge >= 0.3 is 0 Å². The maximum Gasteiger partial charge on any atom is 0.274 e. The van der Waals surface area contributed by atoms with Crippen molar-refractivity contribution in [2.24, 2.45) is 0 Å². The normalized spacial score (nSPS) is 11.1. The summed E-state index contributed by atoms with van der Waals surface area (Å²) in [6.45, 7) is 1.42. The third-order valence-corrected chi connectivity index (χ3v) is 4.54. The quantitative estimate of drug-likeness (QED) is 0.666. The Morgan fingerprint density at radius 2 is 1.96 bits per heavy atom. The predicted octanol–water partition coefficient (Wildman–Crippen LogP) is 2.85. The Labute approximate surface area is 131 Å². The third-order valence-electron chi connectivity index (χ3n) is 3.18. The molecule has 0 saturated carbocycles. The van der Waals surface area contributed by atoms with Crippen LogP contribution in [0.1, 0.15) is 5.56 Å². The molecule has 0 aromatic heterocycles. The van der Waals surface area contributed by atoms with E-state index in [-0.39, 0.29) is 27.6 Å². The highest BCUT2D eigenvalue weighted by atomic mass is 32.2. The fourth-order valence-corrected chi connectivity index (χ4v) is 3.08. The number of halogens is 1. The largest absolute Gasteiger partial charge is 0.494 e. The standard InChI is InChI=1S/C14H13FN2O5S/c1-9-12(4-3-5-13(9)17(18)19)16-23(20,21)10-6-7-14(22-2)11(15)8-10/h3-8,16H,1-2H3. The molecule has 0 aliphatic heterocycles. The molecular formula is C14H13FN2O5S. The van der Waals surface area contributed by atoms with E-state index in [1.807, 2.05) is 0 Å². The van der Waals surface area contributed by atoms with Crippen molar-refractivity contribution >= 4 is 21.4 Å². The van der Waals surface area contributed by atoms with Crippen molar-refractivity contribution < 1.29 is 22.5 Å². The summed E-state index contributed by atoms with van der Waals surface area (Å²) in [6.07, 6.45) is 0. The Kier molecular flexibility index (Phi) is 4.50. The molecule has 0 bridgehead atoms. The van der Waals surface area contributed by atoms with Gasteiger partial charge in [-0.1, -0.05) is 6.07 Å². The number of hydrogen-bond donors (Lipinski definition) is 1. The number of nitrogens with zero attached hydrogens (tertiary/aromatic N) is 1. The second kappa shape index (κ2) is 6.21. The highest BCUT2D eigenvalue weighted by molar-refractivity contribution is 7.92. The second-order valence-corrected chi connectivity index (χ2v) is 6.29. The highest BCUT2D eigenvalue weighted by Crippen LogP contribution is 2.28. The number of methoxy groups -OCH3 is 1. The van der Waals surface area contributed by atoms with E-state index in [1.165, 1.54) is 44.4 Å². The van der Waals surface area contributed by atoms with E-state index >= 15 is 0 Å². The number of benzene rings is 2. The smallest absolute Gasteiger partial charge is 0.274 e. The number of nitro groups is 1. The Morgan fingerprint density at radius 1 is 1.26 bits per heavy atom. The van der Waals surface area contributed by atoms with E-state index in [0.29, 0.717) is 0 Å². The van der Waals surface area contributed by atoms with Crippen LogP contribution in [0, 0.1) is 22.9 Å². The molecule has 2 aromatic carbocycles. The zero-order chi connectivity index (χ0) is 17.2. The van der Waals surface area contributed by atoms with Crippen molar-refractivity contribution in [1.82, 2.24) is 0 Å². The summed E-state index contributed by atoms with van der Waals surface area (Å²) in [5, 5.41) is 10.9. The number of anilines is 1. The molecule has 2 aromatic rings. The molecule has 2 rings (SSSR count). The minimum Gasteiger partial charge on any atom is -0.494 e. The Morgan fingerprint density at radius 3 is 2.52 bits per heavy atom. The van der Waals surface area contributed by atoms with Crippen LogP contribution < -0.4 is 9.46 Å². The maximum absolute atomic E-state index is 13.7. The number of sulfonamides is 1. The summed E-state index contributed by atoms with van der Waals surface area (Å²) in [5.74, 6) is -0.915. The van der Waals surface area contributed by atoms with Gasteiger partial charge in [0.05, 0.1) is 28.2 Å². The molecule has 7 nitrogen and oxygen atoms in total. The third kappa shape index (κ3) is 3.39. The van der Waals surface area contributed by atoms with Gasteiger partial charge in [-0.05, 0) is 31.2 Å². The Hall–Kier alpha value is -2.68. The van der Waals surface area contributed by atoms with Crippen LogP contribution in [0.15, 0.2) is 41.3 Å². The van der Waals surface area contributed by atoms with Gasteiger partial charge in [-0.25, -0.2) is 12.8 Å². The first-order chi connectivity index (χ1) is 10.8. The van der Waals surface area contributed by atoms with Crippen molar-refractivity contribution in [2.45, 2.75) is 11.8 Å². The first-order valence-corrected chi connectivity index (χ1v) is 7.85. The lowest BCUT2D eigenvalue weighted by Crippen LogP contribution is -2.14. The van der Waals surface area contributed by atoms with Gasteiger partial charge in [-0.2, -0.15) is 0 Å². The summed E-state index contributed by atoms with van der Waals surface area (Å²) < 4.78 is 45.2. The van der Waals surface area contributed by atoms with Crippen molar-refractivity contribution in [3.63, 3.8) is 0 Å². The van der Waals surface area contributed by atoms with E-state index in [2.05, 4.69) is 4.72 Å². The van der Waals surface area contributed by atoms with Crippen LogP contribution in [-0.2, 0) is 10.0 Å². The van der Waals surface area contributed by atoms with Gasteiger partial charge in [-0.15, -0.1) is 0 Å². The molecular weight excluding hydrogens is 327 g/mol. The minimum atomic E-state index is -4.09. The summed E-state index contributed by atoms with van der Waals surface area (Å²) in [6, 6.07) is 7.19. The minimum absolute atomic E-state index is 0.0513. The molecule has 0 heterocycles. The second-order valence-electron chi connectivity index (χ2n) is 4.61. The molecule has 0 aliphatic carbocycles. The van der Waals surface area contributed by atoms with E-state index < -0.39 is 20.8 Å². The van der Waals surface area contributed by atoms with Crippen LogP contribution in [-0.4, -0.2) is 20.5 Å². The lowest BCUT2D eigenvalue weighted by atomic mass is 10.2. The number of ether oxygens (including phenoxy) is 1. The predicted molar refractivity (Wildman–Crippen MR) is 81.6 cm³/mol. The van der Waals surface area contributed by atoms with Gasteiger partial charge in [0.1, 0.15) is 0 Å². The molecule has 0 saturated heterocycles. The van der Waals surface area contributed by atoms with Crippen LogP contribution in [0.25, 0.3) is 0 Å². The van der Waals surface area contributed by atoms with E-state index in [9.17, 15) is 22.9 Å². The molecule has 0 unspecified atom stereocenters. The van der Waals surface area contributed by atoms with E-state index in [1.54, 1.807) is 0 Å². The summed E-state index contributed by atoms with van der Waals surface area (Å²) in [4.78, 5) is 9.96. The molecule has 0 amide bonds. The van der Waals surface area contributed by atoms with Gasteiger partial charge in [0.15, 0.2) is 11.6 Å². The molecule has 0 radical (unpaired) electrons. The highest BCUT2D eigenvalue weighted by Gasteiger charge is 2.20. The zero-order valence-electron chi connectivity index (χ0n) is 12.2. The monoisotopic (exact) mass is 340 g/mol.